The van der Waals surface area contributed by atoms with Crippen LogP contribution in [0.15, 0.2) is 36.7 Å². The quantitative estimate of drug-likeness (QED) is 0.839. The molecule has 0 bridgehead atoms. The molecule has 1 amide bonds. The summed E-state index contributed by atoms with van der Waals surface area (Å²) in [6.07, 6.45) is 4.46. The Kier molecular flexibility index (Phi) is 4.68. The van der Waals surface area contributed by atoms with E-state index < -0.39 is 0 Å². The molecule has 0 aliphatic carbocycles. The van der Waals surface area contributed by atoms with E-state index in [9.17, 15) is 4.79 Å². The molecule has 2 aromatic heterocycles. The summed E-state index contributed by atoms with van der Waals surface area (Å²) in [5.74, 6) is 0.129. The Morgan fingerprint density at radius 2 is 2.21 bits per heavy atom. The van der Waals surface area contributed by atoms with Gasteiger partial charge in [-0.25, -0.2) is 0 Å². The number of aromatic nitrogens is 1. The predicted molar refractivity (Wildman–Crippen MR) is 78.6 cm³/mol. The standard InChI is InChI=1S/C15H18N2OS/c1-3-17(10-8-13-5-4-9-16-11-13)15(18)14-7-6-12(2)19-14/h4-7,9,11H,3,8,10H2,1-2H3. The molecule has 4 heteroatoms. The largest absolute Gasteiger partial charge is 0.338 e. The zero-order valence-electron chi connectivity index (χ0n) is 11.3. The van der Waals surface area contributed by atoms with Crippen LogP contribution in [0.5, 0.6) is 0 Å². The number of hydrogen-bond acceptors (Lipinski definition) is 3. The molecule has 0 fully saturated rings. The number of carbonyl (C=O) groups excluding carboxylic acids is 1. The molecule has 0 spiro atoms. The minimum absolute atomic E-state index is 0.129. The number of carbonyl (C=O) groups is 1. The second-order valence-corrected chi connectivity index (χ2v) is 5.69. The molecule has 0 aromatic carbocycles. The van der Waals surface area contributed by atoms with Crippen molar-refractivity contribution < 1.29 is 4.79 Å². The van der Waals surface area contributed by atoms with Crippen molar-refractivity contribution >= 4 is 17.2 Å². The van der Waals surface area contributed by atoms with Crippen LogP contribution in [0.2, 0.25) is 0 Å². The van der Waals surface area contributed by atoms with Gasteiger partial charge >= 0.3 is 0 Å². The summed E-state index contributed by atoms with van der Waals surface area (Å²) in [4.78, 5) is 20.3. The highest BCUT2D eigenvalue weighted by Gasteiger charge is 2.15. The molecule has 0 aliphatic heterocycles. The van der Waals surface area contributed by atoms with E-state index in [1.165, 1.54) is 4.88 Å². The smallest absolute Gasteiger partial charge is 0.263 e. The number of rotatable bonds is 5. The Hall–Kier alpha value is -1.68. The van der Waals surface area contributed by atoms with Crippen LogP contribution in [0.25, 0.3) is 0 Å². The molecule has 0 atom stereocenters. The molecule has 19 heavy (non-hydrogen) atoms. The maximum Gasteiger partial charge on any atom is 0.263 e. The van der Waals surface area contributed by atoms with Gasteiger partial charge in [-0.15, -0.1) is 11.3 Å². The van der Waals surface area contributed by atoms with Crippen molar-refractivity contribution in [2.24, 2.45) is 0 Å². The average molecular weight is 274 g/mol. The first-order chi connectivity index (χ1) is 9.20. The summed E-state index contributed by atoms with van der Waals surface area (Å²) >= 11 is 1.56. The molecule has 2 heterocycles. The van der Waals surface area contributed by atoms with Crippen molar-refractivity contribution in [1.29, 1.82) is 0 Å². The van der Waals surface area contributed by atoms with E-state index in [4.69, 9.17) is 0 Å². The lowest BCUT2D eigenvalue weighted by atomic mass is 10.2. The van der Waals surface area contributed by atoms with Gasteiger partial charge in [0.2, 0.25) is 0 Å². The Bertz CT molecular complexity index is 536. The molecule has 0 N–H and O–H groups in total. The van der Waals surface area contributed by atoms with E-state index in [0.717, 1.165) is 30.0 Å². The monoisotopic (exact) mass is 274 g/mol. The van der Waals surface area contributed by atoms with Gasteiger partial charge < -0.3 is 4.90 Å². The first kappa shape index (κ1) is 13.7. The van der Waals surface area contributed by atoms with E-state index in [0.29, 0.717) is 0 Å². The van der Waals surface area contributed by atoms with Crippen LogP contribution in [0, 0.1) is 6.92 Å². The van der Waals surface area contributed by atoms with Crippen molar-refractivity contribution in [2.45, 2.75) is 20.3 Å². The fraction of sp³-hybridized carbons (Fsp3) is 0.333. The van der Waals surface area contributed by atoms with Gasteiger partial charge in [-0.1, -0.05) is 6.07 Å². The highest BCUT2D eigenvalue weighted by molar-refractivity contribution is 7.13. The van der Waals surface area contributed by atoms with E-state index in [1.54, 1.807) is 17.5 Å². The lowest BCUT2D eigenvalue weighted by molar-refractivity contribution is 0.0771. The van der Waals surface area contributed by atoms with E-state index in [2.05, 4.69) is 4.98 Å². The van der Waals surface area contributed by atoms with Crippen molar-refractivity contribution in [3.8, 4) is 0 Å². The third-order valence-corrected chi connectivity index (χ3v) is 4.00. The van der Waals surface area contributed by atoms with Crippen LogP contribution in [0.4, 0.5) is 0 Å². The fourth-order valence-electron chi connectivity index (χ4n) is 1.92. The number of nitrogens with zero attached hydrogens (tertiary/aromatic N) is 2. The molecule has 0 aliphatic rings. The van der Waals surface area contributed by atoms with Crippen LogP contribution in [0.3, 0.4) is 0 Å². The Morgan fingerprint density at radius 1 is 1.37 bits per heavy atom. The van der Waals surface area contributed by atoms with Crippen LogP contribution >= 0.6 is 11.3 Å². The number of aryl methyl sites for hydroxylation is 1. The number of hydrogen-bond donors (Lipinski definition) is 0. The van der Waals surface area contributed by atoms with Crippen LogP contribution < -0.4 is 0 Å². The number of likely N-dealkylation sites (N-methyl/N-ethyl adjacent to an activating group) is 1. The molecule has 0 saturated heterocycles. The summed E-state index contributed by atoms with van der Waals surface area (Å²) in [6.45, 7) is 5.50. The summed E-state index contributed by atoms with van der Waals surface area (Å²) < 4.78 is 0. The molecular weight excluding hydrogens is 256 g/mol. The van der Waals surface area contributed by atoms with E-state index in [-0.39, 0.29) is 5.91 Å². The Morgan fingerprint density at radius 3 is 2.79 bits per heavy atom. The van der Waals surface area contributed by atoms with Crippen molar-refractivity contribution in [1.82, 2.24) is 9.88 Å². The first-order valence-electron chi connectivity index (χ1n) is 6.45. The zero-order chi connectivity index (χ0) is 13.7. The lowest BCUT2D eigenvalue weighted by Gasteiger charge is -2.20. The third-order valence-electron chi connectivity index (χ3n) is 3.01. The van der Waals surface area contributed by atoms with Crippen molar-refractivity contribution in [3.05, 3.63) is 52.0 Å². The first-order valence-corrected chi connectivity index (χ1v) is 7.27. The summed E-state index contributed by atoms with van der Waals surface area (Å²) in [7, 11) is 0. The van der Waals surface area contributed by atoms with E-state index in [1.807, 2.05) is 49.2 Å². The second-order valence-electron chi connectivity index (χ2n) is 4.41. The van der Waals surface area contributed by atoms with Crippen LogP contribution in [-0.4, -0.2) is 28.9 Å². The summed E-state index contributed by atoms with van der Waals surface area (Å²) in [6, 6.07) is 7.87. The molecule has 100 valence electrons. The molecule has 0 radical (unpaired) electrons. The van der Waals surface area contributed by atoms with Gasteiger partial charge in [0.25, 0.3) is 5.91 Å². The highest BCUT2D eigenvalue weighted by atomic mass is 32.1. The van der Waals surface area contributed by atoms with E-state index >= 15 is 0 Å². The van der Waals surface area contributed by atoms with Crippen LogP contribution in [-0.2, 0) is 6.42 Å². The Labute approximate surface area is 117 Å². The van der Waals surface area contributed by atoms with Gasteiger partial charge in [0.05, 0.1) is 4.88 Å². The highest BCUT2D eigenvalue weighted by Crippen LogP contribution is 2.17. The van der Waals surface area contributed by atoms with Crippen molar-refractivity contribution in [3.63, 3.8) is 0 Å². The minimum Gasteiger partial charge on any atom is -0.338 e. The maximum atomic E-state index is 12.3. The van der Waals surface area contributed by atoms with Gasteiger partial charge in [-0.2, -0.15) is 0 Å². The number of pyridine rings is 1. The molecule has 2 rings (SSSR count). The molecule has 3 nitrogen and oxygen atoms in total. The zero-order valence-corrected chi connectivity index (χ0v) is 12.1. The molecule has 2 aromatic rings. The topological polar surface area (TPSA) is 33.2 Å². The van der Waals surface area contributed by atoms with Gasteiger partial charge in [-0.3, -0.25) is 9.78 Å². The van der Waals surface area contributed by atoms with Gasteiger partial charge in [-0.05, 0) is 44.0 Å². The molecular formula is C15H18N2OS. The van der Waals surface area contributed by atoms with Crippen molar-refractivity contribution in [2.75, 3.05) is 13.1 Å². The molecule has 0 saturated carbocycles. The van der Waals surface area contributed by atoms with Gasteiger partial charge in [0, 0.05) is 30.4 Å². The SMILES string of the molecule is CCN(CCc1cccnc1)C(=O)c1ccc(C)s1. The number of thiophene rings is 1. The maximum absolute atomic E-state index is 12.3. The van der Waals surface area contributed by atoms with Crippen LogP contribution in [0.1, 0.15) is 27.0 Å². The molecule has 0 unspecified atom stereocenters. The van der Waals surface area contributed by atoms with Gasteiger partial charge in [0.1, 0.15) is 0 Å². The van der Waals surface area contributed by atoms with Gasteiger partial charge in [0.15, 0.2) is 0 Å². The lowest BCUT2D eigenvalue weighted by Crippen LogP contribution is -2.32. The number of amides is 1. The normalized spacial score (nSPS) is 10.4. The summed E-state index contributed by atoms with van der Waals surface area (Å²) in [5, 5.41) is 0. The third kappa shape index (κ3) is 3.64. The minimum atomic E-state index is 0.129. The fourth-order valence-corrected chi connectivity index (χ4v) is 2.75. The summed E-state index contributed by atoms with van der Waals surface area (Å²) in [5.41, 5.74) is 1.16. The second kappa shape index (κ2) is 6.48. The predicted octanol–water partition coefficient (Wildman–Crippen LogP) is 3.16. The Balaban J connectivity index is 1.98. The average Bonchev–Trinajstić information content (AvgIpc) is 2.87.